The highest BCUT2D eigenvalue weighted by Gasteiger charge is 2.38. The highest BCUT2D eigenvalue weighted by molar-refractivity contribution is 5.89. The molecule has 2 fully saturated rings. The SMILES string of the molecule is Cc1cccc(CN(C(=O)C2CNC(=O)C2)C2CC2)c1. The molecule has 0 bridgehead atoms. The molecule has 1 aromatic carbocycles. The van der Waals surface area contributed by atoms with Crippen LogP contribution in [0.25, 0.3) is 0 Å². The summed E-state index contributed by atoms with van der Waals surface area (Å²) in [6.45, 7) is 3.22. The molecule has 1 unspecified atom stereocenters. The van der Waals surface area contributed by atoms with Crippen LogP contribution >= 0.6 is 0 Å². The summed E-state index contributed by atoms with van der Waals surface area (Å²) in [6, 6.07) is 8.65. The molecule has 1 saturated carbocycles. The molecule has 106 valence electrons. The Labute approximate surface area is 119 Å². The van der Waals surface area contributed by atoms with Crippen LogP contribution in [0, 0.1) is 12.8 Å². The van der Waals surface area contributed by atoms with Crippen molar-refractivity contribution in [1.82, 2.24) is 10.2 Å². The van der Waals surface area contributed by atoms with Crippen LogP contribution in [0.5, 0.6) is 0 Å². The fraction of sp³-hybridized carbons (Fsp3) is 0.500. The van der Waals surface area contributed by atoms with Gasteiger partial charge in [0.15, 0.2) is 0 Å². The van der Waals surface area contributed by atoms with Crippen LogP contribution in [-0.4, -0.2) is 29.3 Å². The first-order valence-electron chi connectivity index (χ1n) is 7.26. The van der Waals surface area contributed by atoms with Crippen molar-refractivity contribution in [2.75, 3.05) is 6.54 Å². The maximum atomic E-state index is 12.6. The largest absolute Gasteiger partial charge is 0.355 e. The molecule has 2 aliphatic rings. The molecule has 1 aliphatic heterocycles. The highest BCUT2D eigenvalue weighted by atomic mass is 16.2. The first kappa shape index (κ1) is 13.2. The average molecular weight is 272 g/mol. The predicted octanol–water partition coefficient (Wildman–Crippen LogP) is 1.62. The second-order valence-electron chi connectivity index (χ2n) is 5.89. The van der Waals surface area contributed by atoms with Gasteiger partial charge in [-0.3, -0.25) is 9.59 Å². The molecule has 2 amide bonds. The fourth-order valence-electron chi connectivity index (χ4n) is 2.79. The summed E-state index contributed by atoms with van der Waals surface area (Å²) in [7, 11) is 0. The summed E-state index contributed by atoms with van der Waals surface area (Å²) in [5, 5.41) is 2.75. The lowest BCUT2D eigenvalue weighted by atomic mass is 10.1. The Bertz CT molecular complexity index is 537. The van der Waals surface area contributed by atoms with Gasteiger partial charge < -0.3 is 10.2 Å². The van der Waals surface area contributed by atoms with Gasteiger partial charge in [-0.25, -0.2) is 0 Å². The number of benzene rings is 1. The number of nitrogens with one attached hydrogen (secondary N) is 1. The van der Waals surface area contributed by atoms with Crippen molar-refractivity contribution in [3.63, 3.8) is 0 Å². The number of amides is 2. The molecule has 1 aliphatic carbocycles. The third-order valence-electron chi connectivity index (χ3n) is 4.03. The van der Waals surface area contributed by atoms with Crippen molar-refractivity contribution in [2.24, 2.45) is 5.92 Å². The van der Waals surface area contributed by atoms with Gasteiger partial charge in [-0.1, -0.05) is 29.8 Å². The summed E-state index contributed by atoms with van der Waals surface area (Å²) < 4.78 is 0. The minimum absolute atomic E-state index is 0.00495. The molecule has 4 nitrogen and oxygen atoms in total. The highest BCUT2D eigenvalue weighted by Crippen LogP contribution is 2.30. The second-order valence-corrected chi connectivity index (χ2v) is 5.89. The lowest BCUT2D eigenvalue weighted by Gasteiger charge is -2.25. The van der Waals surface area contributed by atoms with E-state index in [1.807, 2.05) is 11.0 Å². The molecule has 0 aromatic heterocycles. The number of rotatable bonds is 4. The maximum Gasteiger partial charge on any atom is 0.228 e. The fourth-order valence-corrected chi connectivity index (χ4v) is 2.79. The van der Waals surface area contributed by atoms with E-state index in [1.165, 1.54) is 11.1 Å². The van der Waals surface area contributed by atoms with Crippen LogP contribution in [-0.2, 0) is 16.1 Å². The third kappa shape index (κ3) is 2.84. The second kappa shape index (κ2) is 5.27. The van der Waals surface area contributed by atoms with Gasteiger partial charge >= 0.3 is 0 Å². The van der Waals surface area contributed by atoms with Gasteiger partial charge in [0, 0.05) is 25.6 Å². The number of hydrogen-bond donors (Lipinski definition) is 1. The van der Waals surface area contributed by atoms with Gasteiger partial charge in [0.2, 0.25) is 11.8 Å². The molecular formula is C16H20N2O2. The molecule has 3 rings (SSSR count). The molecule has 1 N–H and O–H groups in total. The topological polar surface area (TPSA) is 49.4 Å². The monoisotopic (exact) mass is 272 g/mol. The van der Waals surface area contributed by atoms with Gasteiger partial charge in [0.1, 0.15) is 0 Å². The molecule has 0 spiro atoms. The Morgan fingerprint density at radius 1 is 1.40 bits per heavy atom. The van der Waals surface area contributed by atoms with Crippen molar-refractivity contribution >= 4 is 11.8 Å². The van der Waals surface area contributed by atoms with Gasteiger partial charge in [0.25, 0.3) is 0 Å². The smallest absolute Gasteiger partial charge is 0.228 e. The van der Waals surface area contributed by atoms with Crippen LogP contribution in [0.4, 0.5) is 0 Å². The molecule has 4 heteroatoms. The van der Waals surface area contributed by atoms with Crippen LogP contribution in [0.3, 0.4) is 0 Å². The van der Waals surface area contributed by atoms with Crippen molar-refractivity contribution in [1.29, 1.82) is 0 Å². The Balaban J connectivity index is 1.72. The van der Waals surface area contributed by atoms with Crippen molar-refractivity contribution in [2.45, 2.75) is 38.8 Å². The number of aryl methyl sites for hydroxylation is 1. The molecule has 1 aromatic rings. The van der Waals surface area contributed by atoms with E-state index in [0.29, 0.717) is 25.6 Å². The average Bonchev–Trinajstić information content (AvgIpc) is 3.17. The molecule has 20 heavy (non-hydrogen) atoms. The molecule has 1 saturated heterocycles. The van der Waals surface area contributed by atoms with Gasteiger partial charge in [-0.05, 0) is 25.3 Å². The quantitative estimate of drug-likeness (QED) is 0.905. The van der Waals surface area contributed by atoms with Crippen LogP contribution in [0.15, 0.2) is 24.3 Å². The third-order valence-corrected chi connectivity index (χ3v) is 4.03. The summed E-state index contributed by atoms with van der Waals surface area (Å²) in [5.74, 6) is -0.0464. The van der Waals surface area contributed by atoms with E-state index in [0.717, 1.165) is 12.8 Å². The summed E-state index contributed by atoms with van der Waals surface area (Å²) in [5.41, 5.74) is 2.38. The van der Waals surface area contributed by atoms with Crippen LogP contribution < -0.4 is 5.32 Å². The van der Waals surface area contributed by atoms with Crippen molar-refractivity contribution in [3.05, 3.63) is 35.4 Å². The van der Waals surface area contributed by atoms with E-state index in [2.05, 4.69) is 30.4 Å². The summed E-state index contributed by atoms with van der Waals surface area (Å²) >= 11 is 0. The van der Waals surface area contributed by atoms with E-state index in [9.17, 15) is 9.59 Å². The van der Waals surface area contributed by atoms with Crippen molar-refractivity contribution in [3.8, 4) is 0 Å². The van der Waals surface area contributed by atoms with Crippen molar-refractivity contribution < 1.29 is 9.59 Å². The van der Waals surface area contributed by atoms with Crippen LogP contribution in [0.1, 0.15) is 30.4 Å². The van der Waals surface area contributed by atoms with E-state index in [1.54, 1.807) is 0 Å². The van der Waals surface area contributed by atoms with Gasteiger partial charge in [0.05, 0.1) is 5.92 Å². The number of carbonyl (C=O) groups is 2. The normalized spacial score (nSPS) is 21.6. The zero-order chi connectivity index (χ0) is 14.1. The maximum absolute atomic E-state index is 12.6. The van der Waals surface area contributed by atoms with Gasteiger partial charge in [-0.2, -0.15) is 0 Å². The van der Waals surface area contributed by atoms with Gasteiger partial charge in [-0.15, -0.1) is 0 Å². The number of carbonyl (C=O) groups excluding carboxylic acids is 2. The lowest BCUT2D eigenvalue weighted by Crippen LogP contribution is -2.38. The predicted molar refractivity (Wildman–Crippen MR) is 75.9 cm³/mol. The lowest BCUT2D eigenvalue weighted by molar-refractivity contribution is -0.137. The Morgan fingerprint density at radius 2 is 2.20 bits per heavy atom. The minimum Gasteiger partial charge on any atom is -0.355 e. The van der Waals surface area contributed by atoms with E-state index < -0.39 is 0 Å². The molecule has 1 atom stereocenters. The summed E-state index contributed by atoms with van der Waals surface area (Å²) in [4.78, 5) is 25.9. The Kier molecular flexibility index (Phi) is 3.47. The zero-order valence-electron chi connectivity index (χ0n) is 11.8. The molecule has 0 radical (unpaired) electrons. The standard InChI is InChI=1S/C16H20N2O2/c1-11-3-2-4-12(7-11)10-18(14-5-6-14)16(20)13-8-15(19)17-9-13/h2-4,7,13-14H,5-6,8-10H2,1H3,(H,17,19). The van der Waals surface area contributed by atoms with E-state index in [4.69, 9.17) is 0 Å². The first-order valence-corrected chi connectivity index (χ1v) is 7.26. The number of hydrogen-bond acceptors (Lipinski definition) is 2. The zero-order valence-corrected chi connectivity index (χ0v) is 11.8. The Morgan fingerprint density at radius 3 is 2.80 bits per heavy atom. The minimum atomic E-state index is -0.173. The number of nitrogens with zero attached hydrogens (tertiary/aromatic N) is 1. The summed E-state index contributed by atoms with van der Waals surface area (Å²) in [6.07, 6.45) is 2.52. The molecular weight excluding hydrogens is 252 g/mol. The molecule has 1 heterocycles. The van der Waals surface area contributed by atoms with E-state index in [-0.39, 0.29) is 17.7 Å². The Hall–Kier alpha value is -1.84. The first-order chi connectivity index (χ1) is 9.63. The van der Waals surface area contributed by atoms with Crippen LogP contribution in [0.2, 0.25) is 0 Å². The van der Waals surface area contributed by atoms with E-state index >= 15 is 0 Å².